The first-order valence-electron chi connectivity index (χ1n) is 6.94. The number of rotatable bonds is 5. The van der Waals surface area contributed by atoms with Gasteiger partial charge in [-0.3, -0.25) is 14.9 Å². The summed E-state index contributed by atoms with van der Waals surface area (Å²) in [4.78, 5) is 24.6. The Morgan fingerprint density at radius 3 is 2.71 bits per heavy atom. The zero-order valence-corrected chi connectivity index (χ0v) is 12.6. The molecule has 0 radical (unpaired) electrons. The number of halogens is 1. The van der Waals surface area contributed by atoms with Gasteiger partial charge in [0.15, 0.2) is 0 Å². The Hall–Kier alpha value is -1.66. The summed E-state index contributed by atoms with van der Waals surface area (Å²) in [6.45, 7) is 4.88. The van der Waals surface area contributed by atoms with Crippen LogP contribution in [-0.4, -0.2) is 41.4 Å². The van der Waals surface area contributed by atoms with E-state index in [1.807, 2.05) is 6.92 Å². The summed E-state index contributed by atoms with van der Waals surface area (Å²) < 4.78 is 0. The van der Waals surface area contributed by atoms with Crippen LogP contribution in [0.3, 0.4) is 0 Å². The van der Waals surface area contributed by atoms with E-state index in [-0.39, 0.29) is 28.2 Å². The standard InChI is InChI=1S/C14H18ClN3O3/c1-10(9-17-6-2-3-7-17)16-14(19)12-5-4-11(18(20)21)8-13(12)15/h4-5,8,10H,2-3,6-7,9H2,1H3,(H,16,19). The fraction of sp³-hybridized carbons (Fsp3) is 0.500. The van der Waals surface area contributed by atoms with Gasteiger partial charge in [0.25, 0.3) is 11.6 Å². The van der Waals surface area contributed by atoms with Crippen LogP contribution in [0.25, 0.3) is 0 Å². The minimum Gasteiger partial charge on any atom is -0.348 e. The van der Waals surface area contributed by atoms with Gasteiger partial charge in [-0.1, -0.05) is 11.6 Å². The van der Waals surface area contributed by atoms with Gasteiger partial charge in [-0.2, -0.15) is 0 Å². The molecule has 0 spiro atoms. The average molecular weight is 312 g/mol. The summed E-state index contributed by atoms with van der Waals surface area (Å²) in [6, 6.07) is 3.87. The first-order valence-corrected chi connectivity index (χ1v) is 7.32. The molecule has 1 N–H and O–H groups in total. The molecule has 1 aromatic carbocycles. The van der Waals surface area contributed by atoms with Gasteiger partial charge < -0.3 is 10.2 Å². The Labute approximate surface area is 128 Å². The lowest BCUT2D eigenvalue weighted by Gasteiger charge is -2.21. The molecule has 1 amide bonds. The van der Waals surface area contributed by atoms with Crippen molar-refractivity contribution >= 4 is 23.2 Å². The number of likely N-dealkylation sites (tertiary alicyclic amines) is 1. The van der Waals surface area contributed by atoms with Crippen LogP contribution in [0.2, 0.25) is 5.02 Å². The average Bonchev–Trinajstić information content (AvgIpc) is 2.90. The van der Waals surface area contributed by atoms with Crippen molar-refractivity contribution in [2.75, 3.05) is 19.6 Å². The molecule has 21 heavy (non-hydrogen) atoms. The van der Waals surface area contributed by atoms with Crippen molar-refractivity contribution in [3.63, 3.8) is 0 Å². The maximum absolute atomic E-state index is 12.1. The van der Waals surface area contributed by atoms with E-state index in [1.54, 1.807) is 0 Å². The quantitative estimate of drug-likeness (QED) is 0.669. The summed E-state index contributed by atoms with van der Waals surface area (Å²) in [6.07, 6.45) is 2.41. The van der Waals surface area contributed by atoms with Crippen molar-refractivity contribution in [2.45, 2.75) is 25.8 Å². The van der Waals surface area contributed by atoms with Crippen LogP contribution >= 0.6 is 11.6 Å². The molecule has 1 aromatic rings. The number of hydrogen-bond acceptors (Lipinski definition) is 4. The number of nitrogens with zero attached hydrogens (tertiary/aromatic N) is 2. The number of carbonyl (C=O) groups is 1. The first-order chi connectivity index (χ1) is 9.97. The van der Waals surface area contributed by atoms with Gasteiger partial charge in [-0.05, 0) is 38.9 Å². The van der Waals surface area contributed by atoms with E-state index < -0.39 is 4.92 Å². The van der Waals surface area contributed by atoms with E-state index in [0.717, 1.165) is 19.6 Å². The molecule has 1 saturated heterocycles. The van der Waals surface area contributed by atoms with E-state index in [1.165, 1.54) is 31.0 Å². The maximum atomic E-state index is 12.1. The summed E-state index contributed by atoms with van der Waals surface area (Å²) in [5.74, 6) is -0.304. The topological polar surface area (TPSA) is 75.5 Å². The van der Waals surface area contributed by atoms with E-state index in [2.05, 4.69) is 10.2 Å². The molecule has 6 nitrogen and oxygen atoms in total. The Morgan fingerprint density at radius 2 is 2.14 bits per heavy atom. The Kier molecular flexibility index (Phi) is 5.14. The molecule has 7 heteroatoms. The fourth-order valence-corrected chi connectivity index (χ4v) is 2.76. The number of nitro benzene ring substituents is 1. The molecule has 1 fully saturated rings. The van der Waals surface area contributed by atoms with Crippen LogP contribution in [0.5, 0.6) is 0 Å². The second kappa shape index (κ2) is 6.87. The minimum absolute atomic E-state index is 0.00172. The van der Waals surface area contributed by atoms with Gasteiger partial charge in [0, 0.05) is 24.7 Å². The molecular weight excluding hydrogens is 294 g/mol. The van der Waals surface area contributed by atoms with Crippen molar-refractivity contribution in [1.29, 1.82) is 0 Å². The third-order valence-electron chi connectivity index (χ3n) is 3.52. The van der Waals surface area contributed by atoms with Crippen LogP contribution in [0.1, 0.15) is 30.1 Å². The highest BCUT2D eigenvalue weighted by Crippen LogP contribution is 2.22. The van der Waals surface area contributed by atoms with Gasteiger partial charge in [0.2, 0.25) is 0 Å². The molecule has 114 valence electrons. The van der Waals surface area contributed by atoms with E-state index >= 15 is 0 Å². The van der Waals surface area contributed by atoms with Crippen LogP contribution in [0.4, 0.5) is 5.69 Å². The van der Waals surface area contributed by atoms with Crippen molar-refractivity contribution in [3.8, 4) is 0 Å². The molecule has 0 bridgehead atoms. The smallest absolute Gasteiger partial charge is 0.270 e. The van der Waals surface area contributed by atoms with Crippen molar-refractivity contribution < 1.29 is 9.72 Å². The molecule has 1 aliphatic rings. The number of nitrogens with one attached hydrogen (secondary N) is 1. The predicted molar refractivity (Wildman–Crippen MR) is 80.7 cm³/mol. The van der Waals surface area contributed by atoms with Gasteiger partial charge >= 0.3 is 0 Å². The normalized spacial score (nSPS) is 16.7. The molecule has 1 aliphatic heterocycles. The zero-order valence-electron chi connectivity index (χ0n) is 11.8. The zero-order chi connectivity index (χ0) is 15.4. The van der Waals surface area contributed by atoms with Crippen LogP contribution in [0.15, 0.2) is 18.2 Å². The molecule has 0 saturated carbocycles. The number of amides is 1. The Bertz CT molecular complexity index is 544. The molecule has 2 rings (SSSR count). The van der Waals surface area contributed by atoms with Crippen molar-refractivity contribution in [2.24, 2.45) is 0 Å². The molecular formula is C14H18ClN3O3. The van der Waals surface area contributed by atoms with Gasteiger partial charge in [0.05, 0.1) is 15.5 Å². The van der Waals surface area contributed by atoms with Crippen LogP contribution < -0.4 is 5.32 Å². The molecule has 1 atom stereocenters. The number of carbonyl (C=O) groups excluding carboxylic acids is 1. The molecule has 1 heterocycles. The number of nitro groups is 1. The Morgan fingerprint density at radius 1 is 1.48 bits per heavy atom. The summed E-state index contributed by atoms with van der Waals surface area (Å²) in [5, 5.41) is 13.6. The predicted octanol–water partition coefficient (Wildman–Crippen LogP) is 2.46. The third-order valence-corrected chi connectivity index (χ3v) is 3.83. The van der Waals surface area contributed by atoms with E-state index in [4.69, 9.17) is 11.6 Å². The lowest BCUT2D eigenvalue weighted by Crippen LogP contribution is -2.41. The first kappa shape index (κ1) is 15.7. The highest BCUT2D eigenvalue weighted by molar-refractivity contribution is 6.34. The van der Waals surface area contributed by atoms with Gasteiger partial charge in [-0.25, -0.2) is 0 Å². The minimum atomic E-state index is -0.538. The lowest BCUT2D eigenvalue weighted by molar-refractivity contribution is -0.384. The number of non-ortho nitro benzene ring substituents is 1. The second-order valence-corrected chi connectivity index (χ2v) is 5.71. The lowest BCUT2D eigenvalue weighted by atomic mass is 10.1. The second-order valence-electron chi connectivity index (χ2n) is 5.30. The van der Waals surface area contributed by atoms with E-state index in [0.29, 0.717) is 0 Å². The maximum Gasteiger partial charge on any atom is 0.270 e. The largest absolute Gasteiger partial charge is 0.348 e. The summed E-state index contributed by atoms with van der Waals surface area (Å²) in [5.41, 5.74) is 0.136. The number of hydrogen-bond donors (Lipinski definition) is 1. The van der Waals surface area contributed by atoms with E-state index in [9.17, 15) is 14.9 Å². The highest BCUT2D eigenvalue weighted by atomic mass is 35.5. The summed E-state index contributed by atoms with van der Waals surface area (Å²) >= 11 is 5.95. The number of benzene rings is 1. The third kappa shape index (κ3) is 4.15. The fourth-order valence-electron chi connectivity index (χ4n) is 2.50. The molecule has 0 aromatic heterocycles. The van der Waals surface area contributed by atoms with Gasteiger partial charge in [0.1, 0.15) is 0 Å². The van der Waals surface area contributed by atoms with Crippen LogP contribution in [0, 0.1) is 10.1 Å². The van der Waals surface area contributed by atoms with Gasteiger partial charge in [-0.15, -0.1) is 0 Å². The monoisotopic (exact) mass is 311 g/mol. The van der Waals surface area contributed by atoms with Crippen molar-refractivity contribution in [3.05, 3.63) is 38.9 Å². The molecule has 1 unspecified atom stereocenters. The summed E-state index contributed by atoms with van der Waals surface area (Å²) in [7, 11) is 0. The molecule has 0 aliphatic carbocycles. The Balaban J connectivity index is 1.97. The SMILES string of the molecule is CC(CN1CCCC1)NC(=O)c1ccc([N+](=O)[O-])cc1Cl. The highest BCUT2D eigenvalue weighted by Gasteiger charge is 2.19. The van der Waals surface area contributed by atoms with Crippen LogP contribution in [-0.2, 0) is 0 Å². The van der Waals surface area contributed by atoms with Crippen molar-refractivity contribution in [1.82, 2.24) is 10.2 Å².